The fraction of sp³-hybridized carbons (Fsp3) is 0.182. The van der Waals surface area contributed by atoms with E-state index in [9.17, 15) is 0 Å². The molecule has 0 fully saturated rings. The van der Waals surface area contributed by atoms with Crippen molar-refractivity contribution in [2.75, 3.05) is 0 Å². The van der Waals surface area contributed by atoms with Gasteiger partial charge < -0.3 is 4.42 Å². The molecule has 2 aromatic rings. The highest BCUT2D eigenvalue weighted by Gasteiger charge is 2.04. The van der Waals surface area contributed by atoms with E-state index >= 15 is 0 Å². The first-order valence-electron chi connectivity index (χ1n) is 4.50. The summed E-state index contributed by atoms with van der Waals surface area (Å²) < 4.78 is 5.22. The lowest BCUT2D eigenvalue weighted by molar-refractivity contribution is 0.574. The van der Waals surface area contributed by atoms with Crippen LogP contribution in [0.3, 0.4) is 0 Å². The zero-order valence-electron chi connectivity index (χ0n) is 7.83. The summed E-state index contributed by atoms with van der Waals surface area (Å²) in [6.07, 6.45) is 2.65. The minimum absolute atomic E-state index is 0.182. The third-order valence-electron chi connectivity index (χ3n) is 2.10. The van der Waals surface area contributed by atoms with E-state index in [1.54, 1.807) is 6.20 Å². The Morgan fingerprint density at radius 2 is 2.29 bits per heavy atom. The number of nitrogens with zero attached hydrogens (tertiary/aromatic N) is 1. The molecule has 0 spiro atoms. The van der Waals surface area contributed by atoms with Gasteiger partial charge in [-0.3, -0.25) is 0 Å². The molecule has 1 heterocycles. The lowest BCUT2D eigenvalue weighted by atomic mass is 10.1. The largest absolute Gasteiger partial charge is 0.428 e. The number of aromatic nitrogens is 1. The van der Waals surface area contributed by atoms with Gasteiger partial charge in [0.15, 0.2) is 5.76 Å². The average molecular weight is 208 g/mol. The highest BCUT2D eigenvalue weighted by atomic mass is 35.5. The van der Waals surface area contributed by atoms with E-state index < -0.39 is 0 Å². The van der Waals surface area contributed by atoms with Gasteiger partial charge in [-0.15, -0.1) is 0 Å². The lowest BCUT2D eigenvalue weighted by Gasteiger charge is -1.99. The van der Waals surface area contributed by atoms with Crippen molar-refractivity contribution in [2.45, 2.75) is 13.3 Å². The summed E-state index contributed by atoms with van der Waals surface area (Å²) >= 11 is 5.61. The fourth-order valence-corrected chi connectivity index (χ4v) is 1.46. The van der Waals surface area contributed by atoms with Crippen molar-refractivity contribution >= 4 is 11.6 Å². The second-order valence-electron chi connectivity index (χ2n) is 3.03. The Balaban J connectivity index is 2.41. The molecule has 3 heteroatoms. The molecule has 0 radical (unpaired) electrons. The summed E-state index contributed by atoms with van der Waals surface area (Å²) in [5.41, 5.74) is 2.29. The van der Waals surface area contributed by atoms with Gasteiger partial charge in [-0.2, -0.15) is 0 Å². The first kappa shape index (κ1) is 9.28. The molecular formula is C11H10ClNO. The molecule has 14 heavy (non-hydrogen) atoms. The standard InChI is InChI=1S/C11H10ClNO/c1-2-8-4-3-5-9(6-8)10-7-13-11(12)14-10/h3-7H,2H2,1H3. The fourth-order valence-electron chi connectivity index (χ4n) is 1.33. The van der Waals surface area contributed by atoms with Crippen LogP contribution in [0.25, 0.3) is 11.3 Å². The molecule has 0 amide bonds. The smallest absolute Gasteiger partial charge is 0.292 e. The van der Waals surface area contributed by atoms with E-state index in [0.29, 0.717) is 5.76 Å². The normalized spacial score (nSPS) is 10.4. The monoisotopic (exact) mass is 207 g/mol. The Bertz CT molecular complexity index is 436. The van der Waals surface area contributed by atoms with Crippen molar-refractivity contribution in [3.8, 4) is 11.3 Å². The molecule has 0 atom stereocenters. The van der Waals surface area contributed by atoms with Crippen LogP contribution < -0.4 is 0 Å². The summed E-state index contributed by atoms with van der Waals surface area (Å²) in [7, 11) is 0. The molecule has 1 aromatic carbocycles. The van der Waals surface area contributed by atoms with Crippen molar-refractivity contribution in [1.29, 1.82) is 0 Å². The number of rotatable bonds is 2. The number of aryl methyl sites for hydroxylation is 1. The van der Waals surface area contributed by atoms with Crippen molar-refractivity contribution in [3.63, 3.8) is 0 Å². The van der Waals surface area contributed by atoms with Crippen LogP contribution in [0, 0.1) is 0 Å². The van der Waals surface area contributed by atoms with Gasteiger partial charge in [0.05, 0.1) is 6.20 Å². The summed E-state index contributed by atoms with van der Waals surface area (Å²) in [4.78, 5) is 3.85. The Kier molecular flexibility index (Phi) is 2.55. The highest BCUT2D eigenvalue weighted by molar-refractivity contribution is 6.27. The summed E-state index contributed by atoms with van der Waals surface area (Å²) in [6.45, 7) is 2.12. The zero-order valence-corrected chi connectivity index (χ0v) is 8.58. The van der Waals surface area contributed by atoms with E-state index in [4.69, 9.17) is 16.0 Å². The number of benzene rings is 1. The number of oxazole rings is 1. The van der Waals surface area contributed by atoms with Crippen LogP contribution >= 0.6 is 11.6 Å². The third-order valence-corrected chi connectivity index (χ3v) is 2.27. The molecule has 0 saturated carbocycles. The van der Waals surface area contributed by atoms with E-state index in [1.807, 2.05) is 12.1 Å². The predicted octanol–water partition coefficient (Wildman–Crippen LogP) is 3.56. The van der Waals surface area contributed by atoms with Crippen LogP contribution in [-0.4, -0.2) is 4.98 Å². The SMILES string of the molecule is CCc1cccc(-c2cnc(Cl)o2)c1. The van der Waals surface area contributed by atoms with Crippen LogP contribution in [0.1, 0.15) is 12.5 Å². The van der Waals surface area contributed by atoms with Crippen LogP contribution in [0.4, 0.5) is 0 Å². The van der Waals surface area contributed by atoms with Crippen LogP contribution in [0.2, 0.25) is 5.35 Å². The first-order valence-corrected chi connectivity index (χ1v) is 4.88. The maximum Gasteiger partial charge on any atom is 0.292 e. The van der Waals surface area contributed by atoms with Crippen LogP contribution in [0.5, 0.6) is 0 Å². The molecule has 0 aliphatic heterocycles. The molecule has 0 saturated heterocycles. The summed E-state index contributed by atoms with van der Waals surface area (Å²) in [6, 6.07) is 8.15. The minimum atomic E-state index is 0.182. The van der Waals surface area contributed by atoms with Crippen molar-refractivity contribution in [2.24, 2.45) is 0 Å². The average Bonchev–Trinajstić information content (AvgIpc) is 2.65. The van der Waals surface area contributed by atoms with Gasteiger partial charge in [-0.25, -0.2) is 4.98 Å². The predicted molar refractivity (Wildman–Crippen MR) is 56.3 cm³/mol. The van der Waals surface area contributed by atoms with E-state index in [0.717, 1.165) is 12.0 Å². The van der Waals surface area contributed by atoms with Crippen molar-refractivity contribution < 1.29 is 4.42 Å². The number of halogens is 1. The first-order chi connectivity index (χ1) is 6.79. The van der Waals surface area contributed by atoms with Crippen LogP contribution in [0.15, 0.2) is 34.9 Å². The summed E-state index contributed by atoms with van der Waals surface area (Å²) in [5, 5.41) is 0.182. The lowest BCUT2D eigenvalue weighted by Crippen LogP contribution is -1.80. The van der Waals surface area contributed by atoms with Gasteiger partial charge in [-0.1, -0.05) is 25.1 Å². The van der Waals surface area contributed by atoms with Crippen molar-refractivity contribution in [1.82, 2.24) is 4.98 Å². The van der Waals surface area contributed by atoms with Crippen LogP contribution in [-0.2, 0) is 6.42 Å². The summed E-state index contributed by atoms with van der Waals surface area (Å²) in [5.74, 6) is 0.713. The second-order valence-corrected chi connectivity index (χ2v) is 3.35. The van der Waals surface area contributed by atoms with E-state index in [1.165, 1.54) is 5.56 Å². The molecule has 2 rings (SSSR count). The van der Waals surface area contributed by atoms with Gasteiger partial charge in [0.25, 0.3) is 5.35 Å². The number of hydrogen-bond acceptors (Lipinski definition) is 2. The van der Waals surface area contributed by atoms with Gasteiger partial charge in [0, 0.05) is 5.56 Å². The molecule has 72 valence electrons. The molecule has 1 aromatic heterocycles. The topological polar surface area (TPSA) is 26.0 Å². The molecular weight excluding hydrogens is 198 g/mol. The zero-order chi connectivity index (χ0) is 9.97. The van der Waals surface area contributed by atoms with Gasteiger partial charge in [-0.05, 0) is 29.7 Å². The second kappa shape index (κ2) is 3.84. The van der Waals surface area contributed by atoms with Gasteiger partial charge >= 0.3 is 0 Å². The van der Waals surface area contributed by atoms with E-state index in [2.05, 4.69) is 24.0 Å². The molecule has 0 aliphatic rings. The maximum absolute atomic E-state index is 5.61. The highest BCUT2D eigenvalue weighted by Crippen LogP contribution is 2.23. The Labute approximate surface area is 87.5 Å². The van der Waals surface area contributed by atoms with Crippen molar-refractivity contribution in [3.05, 3.63) is 41.4 Å². The maximum atomic E-state index is 5.61. The molecule has 0 N–H and O–H groups in total. The van der Waals surface area contributed by atoms with Gasteiger partial charge in [0.2, 0.25) is 0 Å². The molecule has 0 aliphatic carbocycles. The molecule has 2 nitrogen and oxygen atoms in total. The molecule has 0 bridgehead atoms. The minimum Gasteiger partial charge on any atom is -0.428 e. The molecule has 0 unspecified atom stereocenters. The Hall–Kier alpha value is -1.28. The number of hydrogen-bond donors (Lipinski definition) is 0. The third kappa shape index (κ3) is 1.80. The van der Waals surface area contributed by atoms with Gasteiger partial charge in [0.1, 0.15) is 0 Å². The van der Waals surface area contributed by atoms with E-state index in [-0.39, 0.29) is 5.35 Å². The Morgan fingerprint density at radius 1 is 1.43 bits per heavy atom. The quantitative estimate of drug-likeness (QED) is 0.753. The Morgan fingerprint density at radius 3 is 2.93 bits per heavy atom.